The summed E-state index contributed by atoms with van der Waals surface area (Å²) in [4.78, 5) is 2.87. The molecule has 1 heterocycles. The number of rotatable bonds is 10. The Morgan fingerprint density at radius 2 is 1.70 bits per heavy atom. The minimum Gasteiger partial charge on any atom is -0.317 e. The first-order valence-electron chi connectivity index (χ1n) is 9.27. The summed E-state index contributed by atoms with van der Waals surface area (Å²) in [5.41, 5.74) is 0. The topological polar surface area (TPSA) is 15.3 Å². The molecule has 118 valence electrons. The van der Waals surface area contributed by atoms with Gasteiger partial charge in [0.2, 0.25) is 0 Å². The van der Waals surface area contributed by atoms with Gasteiger partial charge in [0.1, 0.15) is 0 Å². The lowest BCUT2D eigenvalue weighted by atomic mass is 9.96. The zero-order valence-electron chi connectivity index (χ0n) is 13.9. The van der Waals surface area contributed by atoms with Crippen LogP contribution in [-0.2, 0) is 0 Å². The van der Waals surface area contributed by atoms with Gasteiger partial charge in [-0.25, -0.2) is 0 Å². The van der Waals surface area contributed by atoms with Crippen molar-refractivity contribution < 1.29 is 0 Å². The summed E-state index contributed by atoms with van der Waals surface area (Å²) in [6.07, 6.45) is 14.3. The van der Waals surface area contributed by atoms with Gasteiger partial charge in [0.25, 0.3) is 0 Å². The average Bonchev–Trinajstić information content (AvgIpc) is 3.30. The van der Waals surface area contributed by atoms with Crippen LogP contribution >= 0.6 is 0 Å². The number of unbranched alkanes of at least 4 members (excludes halogenated alkanes) is 4. The van der Waals surface area contributed by atoms with Crippen molar-refractivity contribution in [3.8, 4) is 0 Å². The Balaban J connectivity index is 1.67. The molecule has 1 aliphatic heterocycles. The van der Waals surface area contributed by atoms with E-state index in [1.165, 1.54) is 83.8 Å². The van der Waals surface area contributed by atoms with Crippen LogP contribution in [0.4, 0.5) is 0 Å². The molecule has 1 saturated carbocycles. The van der Waals surface area contributed by atoms with Crippen molar-refractivity contribution >= 4 is 0 Å². The average molecular weight is 280 g/mol. The van der Waals surface area contributed by atoms with Crippen molar-refractivity contribution in [2.45, 2.75) is 90.1 Å². The van der Waals surface area contributed by atoms with E-state index in [9.17, 15) is 0 Å². The van der Waals surface area contributed by atoms with Crippen molar-refractivity contribution in [2.75, 3.05) is 19.6 Å². The molecule has 0 aromatic carbocycles. The number of nitrogens with zero attached hydrogens (tertiary/aromatic N) is 1. The highest BCUT2D eigenvalue weighted by Gasteiger charge is 2.33. The molecule has 1 N–H and O–H groups in total. The van der Waals surface area contributed by atoms with Gasteiger partial charge in [-0.05, 0) is 58.0 Å². The smallest absolute Gasteiger partial charge is 0.00993 e. The van der Waals surface area contributed by atoms with E-state index in [2.05, 4.69) is 24.1 Å². The lowest BCUT2D eigenvalue weighted by Crippen LogP contribution is -2.41. The summed E-state index contributed by atoms with van der Waals surface area (Å²) < 4.78 is 0. The molecule has 1 unspecified atom stereocenters. The van der Waals surface area contributed by atoms with Crippen LogP contribution < -0.4 is 5.32 Å². The molecular weight excluding hydrogens is 244 g/mol. The number of hydrogen-bond donors (Lipinski definition) is 1. The summed E-state index contributed by atoms with van der Waals surface area (Å²) in [6.45, 7) is 8.65. The summed E-state index contributed by atoms with van der Waals surface area (Å²) in [5, 5.41) is 3.50. The van der Waals surface area contributed by atoms with Crippen molar-refractivity contribution in [2.24, 2.45) is 5.92 Å². The van der Waals surface area contributed by atoms with Crippen LogP contribution in [-0.4, -0.2) is 36.6 Å². The molecule has 0 aromatic heterocycles. The van der Waals surface area contributed by atoms with Crippen LogP contribution in [0.15, 0.2) is 0 Å². The Morgan fingerprint density at radius 3 is 2.35 bits per heavy atom. The van der Waals surface area contributed by atoms with E-state index in [1.54, 1.807) is 0 Å². The van der Waals surface area contributed by atoms with Crippen LogP contribution in [0.3, 0.4) is 0 Å². The maximum atomic E-state index is 3.50. The highest BCUT2D eigenvalue weighted by atomic mass is 15.2. The Bertz CT molecular complexity index is 244. The first kappa shape index (κ1) is 16.3. The predicted molar refractivity (Wildman–Crippen MR) is 88.2 cm³/mol. The third-order valence-electron chi connectivity index (χ3n) is 5.24. The number of hydrogen-bond acceptors (Lipinski definition) is 2. The van der Waals surface area contributed by atoms with Gasteiger partial charge in [-0.2, -0.15) is 0 Å². The first-order chi connectivity index (χ1) is 9.81. The van der Waals surface area contributed by atoms with Gasteiger partial charge in [0.05, 0.1) is 0 Å². The minimum atomic E-state index is 0.819. The predicted octanol–water partition coefficient (Wildman–Crippen LogP) is 4.20. The third-order valence-corrected chi connectivity index (χ3v) is 5.24. The molecule has 20 heavy (non-hydrogen) atoms. The SMILES string of the molecule is CCCCCCCC(C)N(CC1CCNCC1)C1CC1. The number of nitrogens with one attached hydrogen (secondary N) is 1. The maximum absolute atomic E-state index is 3.50. The molecular formula is C18H36N2. The van der Waals surface area contributed by atoms with Gasteiger partial charge in [-0.15, -0.1) is 0 Å². The molecule has 2 rings (SSSR count). The normalized spacial score (nSPS) is 22.4. The molecule has 1 aliphatic carbocycles. The fourth-order valence-corrected chi connectivity index (χ4v) is 3.67. The van der Waals surface area contributed by atoms with Gasteiger partial charge in [-0.1, -0.05) is 39.0 Å². The van der Waals surface area contributed by atoms with Crippen LogP contribution in [0.5, 0.6) is 0 Å². The molecule has 0 radical (unpaired) electrons. The summed E-state index contributed by atoms with van der Waals surface area (Å²) in [6, 6.07) is 1.76. The minimum absolute atomic E-state index is 0.819. The van der Waals surface area contributed by atoms with E-state index in [4.69, 9.17) is 0 Å². The van der Waals surface area contributed by atoms with Crippen molar-refractivity contribution in [3.63, 3.8) is 0 Å². The quantitative estimate of drug-likeness (QED) is 0.603. The molecule has 0 spiro atoms. The highest BCUT2D eigenvalue weighted by molar-refractivity contribution is 4.89. The maximum Gasteiger partial charge on any atom is 0.00993 e. The van der Waals surface area contributed by atoms with Gasteiger partial charge in [0, 0.05) is 18.6 Å². The van der Waals surface area contributed by atoms with Crippen molar-refractivity contribution in [1.29, 1.82) is 0 Å². The van der Waals surface area contributed by atoms with Crippen LogP contribution in [0.1, 0.15) is 78.1 Å². The van der Waals surface area contributed by atoms with E-state index in [0.717, 1.165) is 18.0 Å². The standard InChI is InChI=1S/C18H36N2/c1-3-4-5-6-7-8-16(2)20(18-9-10-18)15-17-11-13-19-14-12-17/h16-19H,3-15H2,1-2H3. The molecule has 0 amide bonds. The molecule has 0 aromatic rings. The van der Waals surface area contributed by atoms with Crippen molar-refractivity contribution in [3.05, 3.63) is 0 Å². The van der Waals surface area contributed by atoms with E-state index in [-0.39, 0.29) is 0 Å². The zero-order valence-corrected chi connectivity index (χ0v) is 13.9. The van der Waals surface area contributed by atoms with Crippen LogP contribution in [0.2, 0.25) is 0 Å². The van der Waals surface area contributed by atoms with Crippen molar-refractivity contribution in [1.82, 2.24) is 10.2 Å². The fraction of sp³-hybridized carbons (Fsp3) is 1.00. The Morgan fingerprint density at radius 1 is 1.00 bits per heavy atom. The second-order valence-corrected chi connectivity index (χ2v) is 7.17. The molecule has 2 heteroatoms. The Hall–Kier alpha value is -0.0800. The third kappa shape index (κ3) is 5.73. The highest BCUT2D eigenvalue weighted by Crippen LogP contribution is 2.32. The molecule has 1 saturated heterocycles. The van der Waals surface area contributed by atoms with Gasteiger partial charge in [-0.3, -0.25) is 4.90 Å². The zero-order chi connectivity index (χ0) is 14.2. The van der Waals surface area contributed by atoms with E-state index < -0.39 is 0 Å². The second-order valence-electron chi connectivity index (χ2n) is 7.17. The van der Waals surface area contributed by atoms with E-state index in [0.29, 0.717) is 0 Å². The van der Waals surface area contributed by atoms with E-state index in [1.807, 2.05) is 0 Å². The molecule has 2 nitrogen and oxygen atoms in total. The fourth-order valence-electron chi connectivity index (χ4n) is 3.67. The monoisotopic (exact) mass is 280 g/mol. The Kier molecular flexibility index (Phi) is 7.37. The summed E-state index contributed by atoms with van der Waals surface area (Å²) in [5.74, 6) is 0.958. The van der Waals surface area contributed by atoms with Gasteiger partial charge < -0.3 is 5.32 Å². The van der Waals surface area contributed by atoms with E-state index >= 15 is 0 Å². The lowest BCUT2D eigenvalue weighted by Gasteiger charge is -2.34. The van der Waals surface area contributed by atoms with Gasteiger partial charge in [0.15, 0.2) is 0 Å². The molecule has 0 bridgehead atoms. The molecule has 1 atom stereocenters. The largest absolute Gasteiger partial charge is 0.317 e. The summed E-state index contributed by atoms with van der Waals surface area (Å²) >= 11 is 0. The molecule has 2 fully saturated rings. The lowest BCUT2D eigenvalue weighted by molar-refractivity contribution is 0.143. The first-order valence-corrected chi connectivity index (χ1v) is 9.27. The molecule has 2 aliphatic rings. The van der Waals surface area contributed by atoms with Gasteiger partial charge >= 0.3 is 0 Å². The number of piperidine rings is 1. The second kappa shape index (κ2) is 9.04. The van der Waals surface area contributed by atoms with Crippen LogP contribution in [0.25, 0.3) is 0 Å². The Labute approximate surface area is 126 Å². The summed E-state index contributed by atoms with van der Waals surface area (Å²) in [7, 11) is 0. The van der Waals surface area contributed by atoms with Crippen LogP contribution in [0, 0.1) is 5.92 Å².